The highest BCUT2D eigenvalue weighted by atomic mass is 19.1. The summed E-state index contributed by atoms with van der Waals surface area (Å²) in [5, 5.41) is 0. The molecule has 1 nitrogen and oxygen atoms in total. The number of hydrogen-bond donors (Lipinski definition) is 0. The van der Waals surface area contributed by atoms with Gasteiger partial charge < -0.3 is 0 Å². The Bertz CT molecular complexity index is 511. The number of halogens is 1. The first-order valence-electron chi connectivity index (χ1n) is 9.50. The minimum atomic E-state index is -0.174. The number of rotatable bonds is 9. The molecule has 136 valence electrons. The molecule has 0 aliphatic rings. The number of carbonyl (C=O) groups is 1. The van der Waals surface area contributed by atoms with Crippen LogP contribution in [0.5, 0.6) is 0 Å². The summed E-state index contributed by atoms with van der Waals surface area (Å²) >= 11 is 0. The van der Waals surface area contributed by atoms with E-state index in [9.17, 15) is 9.18 Å². The van der Waals surface area contributed by atoms with Crippen molar-refractivity contribution in [3.8, 4) is 0 Å². The van der Waals surface area contributed by atoms with Crippen LogP contribution in [-0.4, -0.2) is 5.78 Å². The molecule has 0 saturated carbocycles. The van der Waals surface area contributed by atoms with Crippen LogP contribution in [-0.2, 0) is 11.2 Å². The maximum Gasteiger partial charge on any atom is 0.155 e. The van der Waals surface area contributed by atoms with E-state index < -0.39 is 0 Å². The van der Waals surface area contributed by atoms with Crippen molar-refractivity contribution in [3.05, 3.63) is 46.8 Å². The van der Waals surface area contributed by atoms with E-state index in [2.05, 4.69) is 13.8 Å². The van der Waals surface area contributed by atoms with E-state index in [1.54, 1.807) is 12.1 Å². The van der Waals surface area contributed by atoms with Crippen LogP contribution >= 0.6 is 0 Å². The summed E-state index contributed by atoms with van der Waals surface area (Å²) in [5.41, 5.74) is 2.85. The van der Waals surface area contributed by atoms with Crippen molar-refractivity contribution < 1.29 is 9.18 Å². The Morgan fingerprint density at radius 1 is 1.12 bits per heavy atom. The molecule has 2 heteroatoms. The SMILES string of the molecule is CC.CCCC(CCC)/C(=C\C(=O)CC)Cc1cc(C)ccc1F. The lowest BCUT2D eigenvalue weighted by molar-refractivity contribution is -0.114. The molecule has 1 aromatic carbocycles. The Morgan fingerprint density at radius 2 is 1.71 bits per heavy atom. The van der Waals surface area contributed by atoms with Gasteiger partial charge in [-0.2, -0.15) is 0 Å². The minimum Gasteiger partial charge on any atom is -0.295 e. The fourth-order valence-electron chi connectivity index (χ4n) is 2.89. The van der Waals surface area contributed by atoms with Gasteiger partial charge in [-0.1, -0.05) is 70.7 Å². The lowest BCUT2D eigenvalue weighted by atomic mass is 9.85. The van der Waals surface area contributed by atoms with Gasteiger partial charge in [-0.15, -0.1) is 0 Å². The highest BCUT2D eigenvalue weighted by Gasteiger charge is 2.16. The van der Waals surface area contributed by atoms with E-state index in [1.165, 1.54) is 6.07 Å². The third-order valence-corrected chi connectivity index (χ3v) is 4.09. The van der Waals surface area contributed by atoms with Crippen LogP contribution in [0.25, 0.3) is 0 Å². The summed E-state index contributed by atoms with van der Waals surface area (Å²) < 4.78 is 14.1. The Balaban J connectivity index is 0.00000254. The molecule has 0 unspecified atom stereocenters. The zero-order valence-electron chi connectivity index (χ0n) is 16.4. The highest BCUT2D eigenvalue weighted by molar-refractivity contribution is 5.90. The van der Waals surface area contributed by atoms with Crippen LogP contribution in [0.1, 0.15) is 77.8 Å². The second-order valence-electron chi connectivity index (χ2n) is 6.09. The monoisotopic (exact) mass is 334 g/mol. The van der Waals surface area contributed by atoms with Gasteiger partial charge in [0.15, 0.2) is 5.78 Å². The molecule has 0 atom stereocenters. The van der Waals surface area contributed by atoms with Crippen LogP contribution in [0.2, 0.25) is 0 Å². The summed E-state index contributed by atoms with van der Waals surface area (Å²) in [6.07, 6.45) is 7.11. The van der Waals surface area contributed by atoms with Crippen LogP contribution < -0.4 is 0 Å². The third-order valence-electron chi connectivity index (χ3n) is 4.09. The lowest BCUT2D eigenvalue weighted by Crippen LogP contribution is -2.10. The largest absolute Gasteiger partial charge is 0.295 e. The summed E-state index contributed by atoms with van der Waals surface area (Å²) in [5.74, 6) is 0.345. The van der Waals surface area contributed by atoms with Gasteiger partial charge in [-0.05, 0) is 49.8 Å². The molecule has 0 radical (unpaired) electrons. The number of benzene rings is 1. The molecule has 0 saturated heterocycles. The van der Waals surface area contributed by atoms with E-state index >= 15 is 0 Å². The van der Waals surface area contributed by atoms with Gasteiger partial charge in [-0.3, -0.25) is 4.79 Å². The molecule has 0 N–H and O–H groups in total. The normalized spacial score (nSPS) is 11.2. The molecular weight excluding hydrogens is 299 g/mol. The molecule has 0 heterocycles. The van der Waals surface area contributed by atoms with E-state index in [1.807, 2.05) is 33.8 Å². The van der Waals surface area contributed by atoms with E-state index in [0.29, 0.717) is 24.3 Å². The smallest absolute Gasteiger partial charge is 0.155 e. The minimum absolute atomic E-state index is 0.139. The molecule has 0 aliphatic heterocycles. The summed E-state index contributed by atoms with van der Waals surface area (Å²) in [6, 6.07) is 5.21. The molecule has 0 aliphatic carbocycles. The number of carbonyl (C=O) groups excluding carboxylic acids is 1. The second kappa shape index (κ2) is 12.9. The van der Waals surface area contributed by atoms with E-state index in [-0.39, 0.29) is 11.6 Å². The maximum atomic E-state index is 14.1. The first-order chi connectivity index (χ1) is 11.5. The summed E-state index contributed by atoms with van der Waals surface area (Å²) in [4.78, 5) is 11.9. The van der Waals surface area contributed by atoms with Crippen molar-refractivity contribution in [2.45, 2.75) is 80.1 Å². The average molecular weight is 335 g/mol. The van der Waals surface area contributed by atoms with E-state index in [0.717, 1.165) is 36.8 Å². The molecule has 0 spiro atoms. The Labute approximate surface area is 148 Å². The van der Waals surface area contributed by atoms with Gasteiger partial charge in [0.25, 0.3) is 0 Å². The molecule has 0 amide bonds. The van der Waals surface area contributed by atoms with Crippen molar-refractivity contribution in [2.75, 3.05) is 0 Å². The summed E-state index contributed by atoms with van der Waals surface area (Å²) in [7, 11) is 0. The topological polar surface area (TPSA) is 17.1 Å². The van der Waals surface area contributed by atoms with Crippen molar-refractivity contribution in [1.82, 2.24) is 0 Å². The zero-order chi connectivity index (χ0) is 18.5. The van der Waals surface area contributed by atoms with Gasteiger partial charge >= 0.3 is 0 Å². The Kier molecular flexibility index (Phi) is 12.1. The van der Waals surface area contributed by atoms with Gasteiger partial charge in [0.2, 0.25) is 0 Å². The van der Waals surface area contributed by atoms with Crippen LogP contribution in [0.4, 0.5) is 4.39 Å². The first-order valence-corrected chi connectivity index (χ1v) is 9.50. The second-order valence-corrected chi connectivity index (χ2v) is 6.09. The van der Waals surface area contributed by atoms with Gasteiger partial charge in [0.05, 0.1) is 0 Å². The molecule has 0 bridgehead atoms. The van der Waals surface area contributed by atoms with E-state index in [4.69, 9.17) is 0 Å². The standard InChI is InChI=1S/C20H29FO.C2H6/c1-5-8-16(9-6-2)17(14-19(22)7-3)13-18-12-15(4)10-11-20(18)21;1-2/h10-12,14,16H,5-9,13H2,1-4H3;1-2H3/b17-14-;. The molecule has 1 rings (SSSR count). The van der Waals surface area contributed by atoms with Crippen molar-refractivity contribution in [1.29, 1.82) is 0 Å². The quantitative estimate of drug-likeness (QED) is 0.453. The van der Waals surface area contributed by atoms with Crippen molar-refractivity contribution in [3.63, 3.8) is 0 Å². The first kappa shape index (κ1) is 22.6. The molecular formula is C22H35FO. The van der Waals surface area contributed by atoms with Crippen molar-refractivity contribution >= 4 is 5.78 Å². The van der Waals surface area contributed by atoms with Crippen LogP contribution in [0, 0.1) is 18.7 Å². The fourth-order valence-corrected chi connectivity index (χ4v) is 2.89. The van der Waals surface area contributed by atoms with Crippen LogP contribution in [0.3, 0.4) is 0 Å². The predicted octanol–water partition coefficient (Wildman–Crippen LogP) is 6.82. The molecule has 0 fully saturated rings. The fraction of sp³-hybridized carbons (Fsp3) is 0.591. The predicted molar refractivity (Wildman–Crippen MR) is 103 cm³/mol. The Morgan fingerprint density at radius 3 is 2.21 bits per heavy atom. The third kappa shape index (κ3) is 7.90. The summed E-state index contributed by atoms with van der Waals surface area (Å²) in [6.45, 7) is 12.2. The van der Waals surface area contributed by atoms with Crippen LogP contribution in [0.15, 0.2) is 29.8 Å². The highest BCUT2D eigenvalue weighted by Crippen LogP contribution is 2.27. The van der Waals surface area contributed by atoms with Gasteiger partial charge in [-0.25, -0.2) is 4.39 Å². The molecule has 24 heavy (non-hydrogen) atoms. The molecule has 0 aromatic heterocycles. The lowest BCUT2D eigenvalue weighted by Gasteiger charge is -2.20. The van der Waals surface area contributed by atoms with Gasteiger partial charge in [0.1, 0.15) is 5.82 Å². The van der Waals surface area contributed by atoms with Crippen molar-refractivity contribution in [2.24, 2.45) is 5.92 Å². The number of allylic oxidation sites excluding steroid dienone is 2. The average Bonchev–Trinajstić information content (AvgIpc) is 2.59. The Hall–Kier alpha value is -1.44. The number of aryl methyl sites for hydroxylation is 1. The number of ketones is 1. The molecule has 1 aromatic rings. The zero-order valence-corrected chi connectivity index (χ0v) is 16.4. The van der Waals surface area contributed by atoms with Gasteiger partial charge in [0, 0.05) is 6.42 Å². The maximum absolute atomic E-state index is 14.1. The number of hydrogen-bond acceptors (Lipinski definition) is 1.